The van der Waals surface area contributed by atoms with Gasteiger partial charge in [0.25, 0.3) is 10.0 Å². The van der Waals surface area contributed by atoms with Crippen LogP contribution in [0, 0.1) is 13.8 Å². The number of hydrogen-bond acceptors (Lipinski definition) is 3. The van der Waals surface area contributed by atoms with Crippen LogP contribution in [0.2, 0.25) is 0 Å². The summed E-state index contributed by atoms with van der Waals surface area (Å²) in [5.74, 6) is 0.208. The van der Waals surface area contributed by atoms with Gasteiger partial charge >= 0.3 is 6.03 Å². The van der Waals surface area contributed by atoms with Gasteiger partial charge in [0.1, 0.15) is 5.84 Å². The van der Waals surface area contributed by atoms with E-state index < -0.39 is 10.0 Å². The Kier molecular flexibility index (Phi) is 6.10. The second-order valence-corrected chi connectivity index (χ2v) is 9.61. The first kappa shape index (κ1) is 21.8. The van der Waals surface area contributed by atoms with Crippen molar-refractivity contribution in [2.45, 2.75) is 37.6 Å². The molecule has 6 nitrogen and oxygen atoms in total. The van der Waals surface area contributed by atoms with E-state index in [-0.39, 0.29) is 22.8 Å². The molecule has 32 heavy (non-hydrogen) atoms. The zero-order valence-corrected chi connectivity index (χ0v) is 18.8. The predicted octanol–water partition coefficient (Wildman–Crippen LogP) is 4.62. The van der Waals surface area contributed by atoms with E-state index >= 15 is 0 Å². The van der Waals surface area contributed by atoms with E-state index in [4.69, 9.17) is 0 Å². The van der Waals surface area contributed by atoms with Gasteiger partial charge in [-0.05, 0) is 50.1 Å². The fourth-order valence-corrected chi connectivity index (χ4v) is 4.70. The molecule has 0 radical (unpaired) electrons. The minimum atomic E-state index is -3.98. The summed E-state index contributed by atoms with van der Waals surface area (Å²) in [7, 11) is -3.98. The number of sulfonamides is 1. The lowest BCUT2D eigenvalue weighted by Crippen LogP contribution is -2.55. The molecule has 0 aliphatic carbocycles. The minimum absolute atomic E-state index is 0.102. The van der Waals surface area contributed by atoms with Crippen molar-refractivity contribution in [3.63, 3.8) is 0 Å². The summed E-state index contributed by atoms with van der Waals surface area (Å²) in [6.07, 6.45) is 0.873. The van der Waals surface area contributed by atoms with Crippen molar-refractivity contribution in [2.24, 2.45) is 4.40 Å². The highest BCUT2D eigenvalue weighted by Gasteiger charge is 2.33. The van der Waals surface area contributed by atoms with Crippen LogP contribution in [0.1, 0.15) is 23.1 Å². The third-order valence-electron chi connectivity index (χ3n) is 5.38. The van der Waals surface area contributed by atoms with Gasteiger partial charge in [-0.3, -0.25) is 0 Å². The van der Waals surface area contributed by atoms with Crippen LogP contribution in [0.4, 0.5) is 10.5 Å². The molecule has 1 saturated heterocycles. The molecule has 3 aromatic rings. The van der Waals surface area contributed by atoms with E-state index in [0.29, 0.717) is 18.5 Å². The number of anilines is 1. The third kappa shape index (κ3) is 4.89. The maximum Gasteiger partial charge on any atom is 0.327 e. The summed E-state index contributed by atoms with van der Waals surface area (Å²) in [4.78, 5) is 14.6. The van der Waals surface area contributed by atoms with E-state index in [9.17, 15) is 13.2 Å². The molecule has 3 aromatic carbocycles. The lowest BCUT2D eigenvalue weighted by Gasteiger charge is -2.34. The first-order valence-electron chi connectivity index (χ1n) is 10.4. The van der Waals surface area contributed by atoms with Crippen LogP contribution in [0.15, 0.2) is 88.2 Å². The molecule has 2 amide bonds. The average molecular weight is 448 g/mol. The summed E-state index contributed by atoms with van der Waals surface area (Å²) >= 11 is 0. The lowest BCUT2D eigenvalue weighted by molar-refractivity contribution is 0.243. The molecule has 0 spiro atoms. The van der Waals surface area contributed by atoms with Gasteiger partial charge in [0.2, 0.25) is 0 Å². The Bertz CT molecular complexity index is 1240. The fraction of sp³-hybridized carbons (Fsp3) is 0.200. The summed E-state index contributed by atoms with van der Waals surface area (Å²) in [5, 5.41) is 3.00. The molecule has 0 aromatic heterocycles. The van der Waals surface area contributed by atoms with Crippen LogP contribution in [0.3, 0.4) is 0 Å². The van der Waals surface area contributed by atoms with Crippen LogP contribution < -0.4 is 10.2 Å². The molecule has 1 aliphatic rings. The van der Waals surface area contributed by atoms with Crippen molar-refractivity contribution in [3.8, 4) is 0 Å². The number of carbonyl (C=O) groups excluding carboxylic acids is 1. The van der Waals surface area contributed by atoms with E-state index in [1.54, 1.807) is 24.3 Å². The van der Waals surface area contributed by atoms with Crippen LogP contribution >= 0.6 is 0 Å². The smallest absolute Gasteiger partial charge is 0.327 e. The molecule has 164 valence electrons. The molecule has 1 aliphatic heterocycles. The Balaban J connectivity index is 1.72. The van der Waals surface area contributed by atoms with Crippen LogP contribution in [0.5, 0.6) is 0 Å². The fourth-order valence-electron chi connectivity index (χ4n) is 3.68. The Morgan fingerprint density at radius 1 is 0.906 bits per heavy atom. The zero-order chi connectivity index (χ0) is 22.7. The molecule has 4 rings (SSSR count). The van der Waals surface area contributed by atoms with Crippen molar-refractivity contribution >= 4 is 27.6 Å². The van der Waals surface area contributed by atoms with Gasteiger partial charge in [-0.1, -0.05) is 65.7 Å². The Morgan fingerprint density at radius 3 is 2.12 bits per heavy atom. The van der Waals surface area contributed by atoms with Gasteiger partial charge in [-0.25, -0.2) is 9.69 Å². The van der Waals surface area contributed by atoms with Crippen LogP contribution in [-0.2, 0) is 16.4 Å². The predicted molar refractivity (Wildman–Crippen MR) is 127 cm³/mol. The summed E-state index contributed by atoms with van der Waals surface area (Å²) in [5.41, 5.74) is 3.63. The Morgan fingerprint density at radius 2 is 1.50 bits per heavy atom. The molecule has 1 atom stereocenters. The first-order valence-corrected chi connectivity index (χ1v) is 11.9. The Labute approximate surface area is 188 Å². The van der Waals surface area contributed by atoms with Crippen molar-refractivity contribution in [1.29, 1.82) is 0 Å². The van der Waals surface area contributed by atoms with Gasteiger partial charge in [0.05, 0.1) is 10.6 Å². The number of nitrogens with one attached hydrogen (secondary N) is 1. The van der Waals surface area contributed by atoms with E-state index in [1.165, 1.54) is 17.0 Å². The molecular formula is C25H25N3O3S. The van der Waals surface area contributed by atoms with Gasteiger partial charge in [0, 0.05) is 12.5 Å². The quantitative estimate of drug-likeness (QED) is 0.620. The lowest BCUT2D eigenvalue weighted by atomic mass is 10.0. The molecule has 0 saturated carbocycles. The number of carbonyl (C=O) groups is 1. The van der Waals surface area contributed by atoms with Crippen molar-refractivity contribution in [3.05, 3.63) is 95.6 Å². The second kappa shape index (κ2) is 8.96. The maximum absolute atomic E-state index is 13.1. The normalized spacial score (nSPS) is 17.9. The number of benzene rings is 3. The number of amides is 2. The molecule has 7 heteroatoms. The largest absolute Gasteiger partial charge is 0.334 e. The topological polar surface area (TPSA) is 78.8 Å². The average Bonchev–Trinajstić information content (AvgIpc) is 2.75. The number of amidine groups is 1. The summed E-state index contributed by atoms with van der Waals surface area (Å²) in [6, 6.07) is 23.0. The van der Waals surface area contributed by atoms with Crippen LogP contribution in [-0.4, -0.2) is 26.3 Å². The number of urea groups is 1. The van der Waals surface area contributed by atoms with Gasteiger partial charge in [-0.15, -0.1) is 4.40 Å². The minimum Gasteiger partial charge on any atom is -0.334 e. The monoisotopic (exact) mass is 447 g/mol. The number of hydrogen-bond donors (Lipinski definition) is 1. The number of aryl methyl sites for hydroxylation is 2. The van der Waals surface area contributed by atoms with Crippen molar-refractivity contribution in [2.75, 3.05) is 4.90 Å². The van der Waals surface area contributed by atoms with Crippen molar-refractivity contribution in [1.82, 2.24) is 5.32 Å². The van der Waals surface area contributed by atoms with E-state index in [2.05, 4.69) is 9.71 Å². The SMILES string of the molecule is Cc1ccc(N2C(=O)NC(Cc3ccccc3)CC2=NS(=O)(=O)c2ccc(C)cc2)cc1. The first-order chi connectivity index (χ1) is 15.3. The van der Waals surface area contributed by atoms with Gasteiger partial charge in [0.15, 0.2) is 0 Å². The number of nitrogens with zero attached hydrogens (tertiary/aromatic N) is 2. The highest BCUT2D eigenvalue weighted by atomic mass is 32.2. The molecular weight excluding hydrogens is 422 g/mol. The van der Waals surface area contributed by atoms with Gasteiger partial charge in [-0.2, -0.15) is 8.42 Å². The Hall–Kier alpha value is -3.45. The molecule has 1 N–H and O–H groups in total. The standard InChI is InChI=1S/C25H25N3O3S/c1-18-8-12-22(13-9-18)28-24(27-32(30,31)23-14-10-19(2)11-15-23)17-21(26-25(28)29)16-20-6-4-3-5-7-20/h3-15,21H,16-17H2,1-2H3,(H,26,29). The summed E-state index contributed by atoms with van der Waals surface area (Å²) in [6.45, 7) is 3.84. The van der Waals surface area contributed by atoms with E-state index in [1.807, 2.05) is 56.3 Å². The summed E-state index contributed by atoms with van der Waals surface area (Å²) < 4.78 is 30.3. The third-order valence-corrected chi connectivity index (χ3v) is 6.70. The van der Waals surface area contributed by atoms with E-state index in [0.717, 1.165) is 16.7 Å². The zero-order valence-electron chi connectivity index (χ0n) is 18.0. The molecule has 1 fully saturated rings. The molecule has 0 bridgehead atoms. The molecule has 1 unspecified atom stereocenters. The van der Waals surface area contributed by atoms with Crippen LogP contribution in [0.25, 0.3) is 0 Å². The second-order valence-electron chi connectivity index (χ2n) is 8.01. The highest BCUT2D eigenvalue weighted by molar-refractivity contribution is 7.90. The molecule has 1 heterocycles. The highest BCUT2D eigenvalue weighted by Crippen LogP contribution is 2.24. The maximum atomic E-state index is 13.1. The number of rotatable bonds is 5. The van der Waals surface area contributed by atoms with Crippen molar-refractivity contribution < 1.29 is 13.2 Å². The van der Waals surface area contributed by atoms with Gasteiger partial charge < -0.3 is 5.32 Å².